The fraction of sp³-hybridized carbons (Fsp3) is 0.167. The lowest BCUT2D eigenvalue weighted by Crippen LogP contribution is -1.86. The van der Waals surface area contributed by atoms with Gasteiger partial charge in [0.15, 0.2) is 0 Å². The van der Waals surface area contributed by atoms with Gasteiger partial charge in [0.2, 0.25) is 0 Å². The van der Waals surface area contributed by atoms with Gasteiger partial charge >= 0.3 is 0 Å². The van der Waals surface area contributed by atoms with Crippen LogP contribution in [0.5, 0.6) is 0 Å². The van der Waals surface area contributed by atoms with Gasteiger partial charge in [0.25, 0.3) is 0 Å². The molecule has 82 valence electrons. The average Bonchev–Trinajstić information content (AvgIpc) is 2.25. The van der Waals surface area contributed by atoms with Crippen LogP contribution >= 0.6 is 27.7 Å². The van der Waals surface area contributed by atoms with Gasteiger partial charge in [-0.25, -0.2) is 9.97 Å². The number of hydrogen-bond donors (Lipinski definition) is 0. The lowest BCUT2D eigenvalue weighted by Gasteiger charge is -2.06. The molecule has 0 amide bonds. The van der Waals surface area contributed by atoms with Gasteiger partial charge in [0, 0.05) is 11.1 Å². The summed E-state index contributed by atoms with van der Waals surface area (Å²) in [5.74, 6) is 0. The van der Waals surface area contributed by atoms with E-state index in [-0.39, 0.29) is 0 Å². The number of hydrogen-bond acceptors (Lipinski definition) is 3. The van der Waals surface area contributed by atoms with Crippen LogP contribution in [0.3, 0.4) is 0 Å². The molecule has 0 aliphatic carbocycles. The van der Waals surface area contributed by atoms with E-state index in [4.69, 9.17) is 0 Å². The first-order chi connectivity index (χ1) is 7.66. The first-order valence-corrected chi connectivity index (χ1v) is 6.48. The number of nitrogens with zero attached hydrogens (tertiary/aromatic N) is 2. The second-order valence-electron chi connectivity index (χ2n) is 3.55. The molecule has 0 bridgehead atoms. The molecule has 0 atom stereocenters. The highest BCUT2D eigenvalue weighted by Gasteiger charge is 2.05. The van der Waals surface area contributed by atoms with E-state index in [2.05, 4.69) is 57.9 Å². The predicted octanol–water partition coefficient (Wildman–Crippen LogP) is 4.01. The van der Waals surface area contributed by atoms with Crippen LogP contribution < -0.4 is 0 Å². The fourth-order valence-electron chi connectivity index (χ4n) is 1.39. The smallest absolute Gasteiger partial charge is 0.118 e. The minimum atomic E-state index is 0.931. The summed E-state index contributed by atoms with van der Waals surface area (Å²) in [6.45, 7) is 4.21. The maximum Gasteiger partial charge on any atom is 0.118 e. The Balaban J connectivity index is 2.31. The van der Waals surface area contributed by atoms with Crippen LogP contribution in [0, 0.1) is 13.8 Å². The molecule has 4 heteroatoms. The van der Waals surface area contributed by atoms with Crippen LogP contribution in [-0.4, -0.2) is 9.97 Å². The molecule has 0 aliphatic rings. The molecule has 1 heterocycles. The third kappa shape index (κ3) is 2.62. The van der Waals surface area contributed by atoms with E-state index in [1.807, 2.05) is 0 Å². The zero-order chi connectivity index (χ0) is 11.5. The summed E-state index contributed by atoms with van der Waals surface area (Å²) in [5, 5.41) is 0.946. The molecule has 0 saturated carbocycles. The van der Waals surface area contributed by atoms with Crippen molar-refractivity contribution in [1.29, 1.82) is 0 Å². The van der Waals surface area contributed by atoms with E-state index in [1.54, 1.807) is 24.3 Å². The summed E-state index contributed by atoms with van der Waals surface area (Å²) < 4.78 is 0.931. The highest BCUT2D eigenvalue weighted by Crippen LogP contribution is 2.33. The molecule has 0 spiro atoms. The zero-order valence-electron chi connectivity index (χ0n) is 9.07. The Morgan fingerprint density at radius 1 is 1.25 bits per heavy atom. The third-order valence-corrected chi connectivity index (χ3v) is 4.21. The molecule has 0 N–H and O–H groups in total. The number of aryl methyl sites for hydroxylation is 2. The van der Waals surface area contributed by atoms with Crippen LogP contribution in [0.25, 0.3) is 0 Å². The molecule has 2 nitrogen and oxygen atoms in total. The Kier molecular flexibility index (Phi) is 3.61. The summed E-state index contributed by atoms with van der Waals surface area (Å²) in [7, 11) is 0. The standard InChI is InChI=1S/C12H11BrN2S/c1-8-3-4-11(9(2)5-8)16-12-10(13)6-14-7-15-12/h3-7H,1-2H3. The topological polar surface area (TPSA) is 25.8 Å². The molecule has 0 fully saturated rings. The van der Waals surface area contributed by atoms with E-state index in [0.717, 1.165) is 9.50 Å². The molecule has 0 radical (unpaired) electrons. The van der Waals surface area contributed by atoms with Crippen LogP contribution in [0.15, 0.2) is 45.1 Å². The molecule has 0 aliphatic heterocycles. The Labute approximate surface area is 108 Å². The first kappa shape index (κ1) is 11.6. The number of benzene rings is 1. The second kappa shape index (κ2) is 4.97. The lowest BCUT2D eigenvalue weighted by molar-refractivity contribution is 1.02. The van der Waals surface area contributed by atoms with Crippen molar-refractivity contribution in [1.82, 2.24) is 9.97 Å². The SMILES string of the molecule is Cc1ccc(Sc2ncncc2Br)c(C)c1. The van der Waals surface area contributed by atoms with Gasteiger partial charge in [-0.15, -0.1) is 0 Å². The Morgan fingerprint density at radius 3 is 2.75 bits per heavy atom. The van der Waals surface area contributed by atoms with Crippen LogP contribution in [0.4, 0.5) is 0 Å². The van der Waals surface area contributed by atoms with Gasteiger partial charge in [0.1, 0.15) is 11.4 Å². The second-order valence-corrected chi connectivity index (χ2v) is 5.43. The number of halogens is 1. The van der Waals surface area contributed by atoms with Crippen molar-refractivity contribution in [2.75, 3.05) is 0 Å². The molecular formula is C12H11BrN2S. The van der Waals surface area contributed by atoms with Gasteiger partial charge in [-0.2, -0.15) is 0 Å². The van der Waals surface area contributed by atoms with E-state index < -0.39 is 0 Å². The largest absolute Gasteiger partial charge is 0.244 e. The fourth-order valence-corrected chi connectivity index (χ4v) is 2.67. The minimum Gasteiger partial charge on any atom is -0.244 e. The molecule has 1 aromatic heterocycles. The predicted molar refractivity (Wildman–Crippen MR) is 69.8 cm³/mol. The van der Waals surface area contributed by atoms with E-state index in [1.165, 1.54) is 16.0 Å². The van der Waals surface area contributed by atoms with Crippen LogP contribution in [0.2, 0.25) is 0 Å². The monoisotopic (exact) mass is 294 g/mol. The van der Waals surface area contributed by atoms with Crippen molar-refractivity contribution in [3.63, 3.8) is 0 Å². The van der Waals surface area contributed by atoms with Gasteiger partial charge in [0.05, 0.1) is 4.47 Å². The van der Waals surface area contributed by atoms with Crippen molar-refractivity contribution in [3.8, 4) is 0 Å². The highest BCUT2D eigenvalue weighted by atomic mass is 79.9. The van der Waals surface area contributed by atoms with Crippen molar-refractivity contribution in [2.45, 2.75) is 23.8 Å². The van der Waals surface area contributed by atoms with E-state index in [0.29, 0.717) is 0 Å². The first-order valence-electron chi connectivity index (χ1n) is 4.87. The molecular weight excluding hydrogens is 284 g/mol. The Hall–Kier alpha value is -0.870. The molecule has 2 rings (SSSR count). The highest BCUT2D eigenvalue weighted by molar-refractivity contribution is 9.10. The molecule has 0 unspecified atom stereocenters. The number of aromatic nitrogens is 2. The Bertz CT molecular complexity index is 514. The van der Waals surface area contributed by atoms with Gasteiger partial charge in [-0.3, -0.25) is 0 Å². The number of rotatable bonds is 2. The quantitative estimate of drug-likeness (QED) is 0.783. The van der Waals surface area contributed by atoms with Crippen molar-refractivity contribution < 1.29 is 0 Å². The molecule has 0 saturated heterocycles. The third-order valence-electron chi connectivity index (χ3n) is 2.17. The van der Waals surface area contributed by atoms with E-state index in [9.17, 15) is 0 Å². The van der Waals surface area contributed by atoms with Crippen molar-refractivity contribution in [3.05, 3.63) is 46.3 Å². The van der Waals surface area contributed by atoms with Crippen molar-refractivity contribution >= 4 is 27.7 Å². The maximum atomic E-state index is 4.24. The average molecular weight is 295 g/mol. The summed E-state index contributed by atoms with van der Waals surface area (Å²) in [5.41, 5.74) is 2.55. The summed E-state index contributed by atoms with van der Waals surface area (Å²) in [4.78, 5) is 9.42. The maximum absolute atomic E-state index is 4.24. The Morgan fingerprint density at radius 2 is 2.06 bits per heavy atom. The van der Waals surface area contributed by atoms with Crippen LogP contribution in [-0.2, 0) is 0 Å². The van der Waals surface area contributed by atoms with Crippen LogP contribution in [0.1, 0.15) is 11.1 Å². The lowest BCUT2D eigenvalue weighted by atomic mass is 10.2. The summed E-state index contributed by atoms with van der Waals surface area (Å²) >= 11 is 5.10. The zero-order valence-corrected chi connectivity index (χ0v) is 11.5. The van der Waals surface area contributed by atoms with Gasteiger partial charge in [-0.1, -0.05) is 29.5 Å². The van der Waals surface area contributed by atoms with Gasteiger partial charge < -0.3 is 0 Å². The minimum absolute atomic E-state index is 0.931. The molecule has 16 heavy (non-hydrogen) atoms. The summed E-state index contributed by atoms with van der Waals surface area (Å²) in [6.07, 6.45) is 3.33. The van der Waals surface area contributed by atoms with E-state index >= 15 is 0 Å². The molecule has 1 aromatic carbocycles. The molecule has 2 aromatic rings. The van der Waals surface area contributed by atoms with Crippen molar-refractivity contribution in [2.24, 2.45) is 0 Å². The normalized spacial score (nSPS) is 10.4. The summed E-state index contributed by atoms with van der Waals surface area (Å²) in [6, 6.07) is 6.42. The van der Waals surface area contributed by atoms with Gasteiger partial charge in [-0.05, 0) is 41.4 Å².